The molecule has 120 valence electrons. The molecule has 0 fully saturated rings. The molecule has 0 unspecified atom stereocenters. The van der Waals surface area contributed by atoms with E-state index in [1.165, 1.54) is 10.7 Å². The summed E-state index contributed by atoms with van der Waals surface area (Å²) in [7, 11) is 0. The van der Waals surface area contributed by atoms with Crippen molar-refractivity contribution >= 4 is 17.3 Å². The Labute approximate surface area is 136 Å². The zero-order valence-corrected chi connectivity index (χ0v) is 12.7. The molecular weight excluding hydrogens is 310 g/mol. The molecule has 0 bridgehead atoms. The van der Waals surface area contributed by atoms with Crippen LogP contribution in [-0.4, -0.2) is 25.6 Å². The Morgan fingerprint density at radius 1 is 1.25 bits per heavy atom. The van der Waals surface area contributed by atoms with Crippen molar-refractivity contribution < 1.29 is 9.72 Å². The summed E-state index contributed by atoms with van der Waals surface area (Å²) in [4.78, 5) is 27.1. The van der Waals surface area contributed by atoms with Crippen LogP contribution in [0.1, 0.15) is 15.9 Å². The molecule has 0 spiro atoms. The number of aryl methyl sites for hydroxylation is 1. The topological polar surface area (TPSA) is 103 Å². The van der Waals surface area contributed by atoms with Crippen LogP contribution in [0.4, 0.5) is 11.4 Å². The van der Waals surface area contributed by atoms with Gasteiger partial charge in [-0.1, -0.05) is 6.07 Å². The zero-order chi connectivity index (χ0) is 17.1. The number of nitrogens with one attached hydrogen (secondary N) is 1. The summed E-state index contributed by atoms with van der Waals surface area (Å²) in [5.41, 5.74) is 1.05. The van der Waals surface area contributed by atoms with Crippen molar-refractivity contribution in [3.63, 3.8) is 0 Å². The predicted molar refractivity (Wildman–Crippen MR) is 87.1 cm³/mol. The van der Waals surface area contributed by atoms with Gasteiger partial charge in [-0.15, -0.1) is 0 Å². The second kappa shape index (κ2) is 6.29. The number of aromatic nitrogens is 3. The van der Waals surface area contributed by atoms with Crippen LogP contribution < -0.4 is 5.32 Å². The molecule has 1 amide bonds. The van der Waals surface area contributed by atoms with Crippen LogP contribution in [0.2, 0.25) is 0 Å². The Morgan fingerprint density at radius 3 is 2.79 bits per heavy atom. The average Bonchev–Trinajstić information content (AvgIpc) is 3.09. The Hall–Kier alpha value is -3.55. The maximum atomic E-state index is 12.4. The van der Waals surface area contributed by atoms with Gasteiger partial charge in [-0.05, 0) is 31.2 Å². The van der Waals surface area contributed by atoms with Crippen LogP contribution in [0.25, 0.3) is 5.82 Å². The van der Waals surface area contributed by atoms with Crippen LogP contribution in [0.3, 0.4) is 0 Å². The van der Waals surface area contributed by atoms with E-state index in [0.717, 1.165) is 0 Å². The zero-order valence-electron chi connectivity index (χ0n) is 12.7. The van der Waals surface area contributed by atoms with Gasteiger partial charge in [0.25, 0.3) is 11.6 Å². The van der Waals surface area contributed by atoms with Gasteiger partial charge in [0.2, 0.25) is 0 Å². The van der Waals surface area contributed by atoms with Gasteiger partial charge in [0.05, 0.1) is 10.6 Å². The van der Waals surface area contributed by atoms with E-state index in [4.69, 9.17) is 0 Å². The minimum Gasteiger partial charge on any atom is -0.319 e. The predicted octanol–water partition coefficient (Wildman–Crippen LogP) is 2.74. The largest absolute Gasteiger partial charge is 0.319 e. The number of amides is 1. The first kappa shape index (κ1) is 15.3. The summed E-state index contributed by atoms with van der Waals surface area (Å²) in [6.07, 6.45) is 4.89. The van der Waals surface area contributed by atoms with E-state index in [1.807, 2.05) is 0 Å². The average molecular weight is 323 g/mol. The maximum Gasteiger partial charge on any atom is 0.273 e. The van der Waals surface area contributed by atoms with Crippen LogP contribution in [-0.2, 0) is 0 Å². The number of pyridine rings is 1. The number of carbonyl (C=O) groups excluding carboxylic acids is 1. The normalized spacial score (nSPS) is 10.4. The first-order chi connectivity index (χ1) is 11.6. The van der Waals surface area contributed by atoms with Gasteiger partial charge < -0.3 is 5.32 Å². The summed E-state index contributed by atoms with van der Waals surface area (Å²) >= 11 is 0. The molecule has 2 aromatic heterocycles. The molecule has 0 aliphatic carbocycles. The number of nitrogens with zero attached hydrogens (tertiary/aromatic N) is 4. The van der Waals surface area contributed by atoms with Crippen molar-refractivity contribution in [2.24, 2.45) is 0 Å². The molecule has 8 nitrogen and oxygen atoms in total. The minimum atomic E-state index is -0.509. The van der Waals surface area contributed by atoms with Crippen molar-refractivity contribution in [1.29, 1.82) is 0 Å². The van der Waals surface area contributed by atoms with E-state index >= 15 is 0 Å². The number of benzene rings is 1. The Bertz CT molecular complexity index is 906. The molecule has 0 aliphatic heterocycles. The van der Waals surface area contributed by atoms with E-state index in [9.17, 15) is 14.9 Å². The van der Waals surface area contributed by atoms with Gasteiger partial charge in [0.1, 0.15) is 0 Å². The molecule has 8 heteroatoms. The standard InChI is InChI=1S/C16H13N5O3/c1-11-5-6-12(10-14(11)21(23)24)16(22)19-13-4-2-7-17-15(13)20-9-3-8-18-20/h2-10H,1H3,(H,19,22). The molecule has 3 aromatic rings. The molecular formula is C16H13N5O3. The van der Waals surface area contributed by atoms with E-state index in [1.54, 1.807) is 55.8 Å². The van der Waals surface area contributed by atoms with Crippen molar-refractivity contribution in [3.05, 3.63) is 76.2 Å². The number of nitro benzene ring substituents is 1. The lowest BCUT2D eigenvalue weighted by Crippen LogP contribution is -2.15. The number of rotatable bonds is 4. The quantitative estimate of drug-likeness (QED) is 0.587. The van der Waals surface area contributed by atoms with Gasteiger partial charge in [-0.25, -0.2) is 9.67 Å². The lowest BCUT2D eigenvalue weighted by molar-refractivity contribution is -0.385. The monoisotopic (exact) mass is 323 g/mol. The van der Waals surface area contributed by atoms with Crippen molar-refractivity contribution in [3.8, 4) is 5.82 Å². The smallest absolute Gasteiger partial charge is 0.273 e. The van der Waals surface area contributed by atoms with Gasteiger partial charge in [0.15, 0.2) is 5.82 Å². The fraction of sp³-hybridized carbons (Fsp3) is 0.0625. The second-order valence-corrected chi connectivity index (χ2v) is 5.04. The number of anilines is 1. The number of carbonyl (C=O) groups is 1. The highest BCUT2D eigenvalue weighted by molar-refractivity contribution is 6.05. The number of hydrogen-bond acceptors (Lipinski definition) is 5. The highest BCUT2D eigenvalue weighted by atomic mass is 16.6. The first-order valence-corrected chi connectivity index (χ1v) is 7.07. The van der Waals surface area contributed by atoms with Crippen molar-refractivity contribution in [1.82, 2.24) is 14.8 Å². The summed E-state index contributed by atoms with van der Waals surface area (Å²) in [5, 5.41) is 17.8. The highest BCUT2D eigenvalue weighted by Gasteiger charge is 2.16. The fourth-order valence-electron chi connectivity index (χ4n) is 2.21. The van der Waals surface area contributed by atoms with E-state index in [-0.39, 0.29) is 11.3 Å². The Kier molecular flexibility index (Phi) is 4.02. The maximum absolute atomic E-state index is 12.4. The van der Waals surface area contributed by atoms with Crippen molar-refractivity contribution in [2.75, 3.05) is 5.32 Å². The summed E-state index contributed by atoms with van der Waals surface area (Å²) < 4.78 is 1.52. The molecule has 0 aliphatic rings. The SMILES string of the molecule is Cc1ccc(C(=O)Nc2cccnc2-n2cccn2)cc1[N+](=O)[O-]. The third-order valence-corrected chi connectivity index (χ3v) is 3.42. The Balaban J connectivity index is 1.91. The van der Waals surface area contributed by atoms with Gasteiger partial charge in [0, 0.05) is 35.8 Å². The summed E-state index contributed by atoms with van der Waals surface area (Å²) in [6, 6.07) is 9.45. The van der Waals surface area contributed by atoms with E-state index in [0.29, 0.717) is 17.1 Å². The third kappa shape index (κ3) is 2.98. The molecule has 1 N–H and O–H groups in total. The molecule has 0 radical (unpaired) electrons. The lowest BCUT2D eigenvalue weighted by atomic mass is 10.1. The van der Waals surface area contributed by atoms with E-state index in [2.05, 4.69) is 15.4 Å². The molecule has 24 heavy (non-hydrogen) atoms. The van der Waals surface area contributed by atoms with Gasteiger partial charge >= 0.3 is 0 Å². The molecule has 0 saturated carbocycles. The third-order valence-electron chi connectivity index (χ3n) is 3.42. The molecule has 0 atom stereocenters. The van der Waals surface area contributed by atoms with Crippen LogP contribution in [0, 0.1) is 17.0 Å². The molecule has 3 rings (SSSR count). The fourth-order valence-corrected chi connectivity index (χ4v) is 2.21. The second-order valence-electron chi connectivity index (χ2n) is 5.04. The number of nitro groups is 1. The molecule has 1 aromatic carbocycles. The lowest BCUT2D eigenvalue weighted by Gasteiger charge is -2.10. The summed E-state index contributed by atoms with van der Waals surface area (Å²) in [5.74, 6) is -0.00281. The van der Waals surface area contributed by atoms with Gasteiger partial charge in [-0.2, -0.15) is 5.10 Å². The molecule has 0 saturated heterocycles. The molecule has 2 heterocycles. The summed E-state index contributed by atoms with van der Waals surface area (Å²) in [6.45, 7) is 1.62. The van der Waals surface area contributed by atoms with Gasteiger partial charge in [-0.3, -0.25) is 14.9 Å². The highest BCUT2D eigenvalue weighted by Crippen LogP contribution is 2.21. The van der Waals surface area contributed by atoms with Crippen molar-refractivity contribution in [2.45, 2.75) is 6.92 Å². The minimum absolute atomic E-state index is 0.0962. The van der Waals surface area contributed by atoms with Crippen LogP contribution in [0.5, 0.6) is 0 Å². The van der Waals surface area contributed by atoms with Crippen LogP contribution >= 0.6 is 0 Å². The number of hydrogen-bond donors (Lipinski definition) is 1. The van der Waals surface area contributed by atoms with Crippen LogP contribution in [0.15, 0.2) is 55.0 Å². The van der Waals surface area contributed by atoms with E-state index < -0.39 is 10.8 Å². The Morgan fingerprint density at radius 2 is 2.08 bits per heavy atom. The first-order valence-electron chi connectivity index (χ1n) is 7.07.